The van der Waals surface area contributed by atoms with Gasteiger partial charge in [-0.05, 0) is 70.5 Å². The molecule has 2 saturated heterocycles. The monoisotopic (exact) mass is 596 g/mol. The molecule has 3 fully saturated rings. The van der Waals surface area contributed by atoms with Crippen molar-refractivity contribution in [2.24, 2.45) is 5.41 Å². The van der Waals surface area contributed by atoms with E-state index in [0.717, 1.165) is 50.4 Å². The van der Waals surface area contributed by atoms with Gasteiger partial charge in [0.25, 0.3) is 0 Å². The number of pyridine rings is 1. The zero-order valence-electron chi connectivity index (χ0n) is 24.7. The summed E-state index contributed by atoms with van der Waals surface area (Å²) in [5.41, 5.74) is 0.902. The number of likely N-dealkylation sites (tertiary alicyclic amines) is 1. The van der Waals surface area contributed by atoms with Crippen LogP contribution in [0, 0.1) is 16.7 Å². The molecule has 43 heavy (non-hydrogen) atoms. The molecule has 0 spiro atoms. The number of nitriles is 1. The number of rotatable bonds is 9. The maximum atomic E-state index is 13.8. The molecule has 1 atom stereocenters. The van der Waals surface area contributed by atoms with Crippen molar-refractivity contribution in [3.63, 3.8) is 0 Å². The highest BCUT2D eigenvalue weighted by atomic mass is 19.4. The molecule has 1 aliphatic carbocycles. The summed E-state index contributed by atoms with van der Waals surface area (Å²) in [5.74, 6) is 0.773. The van der Waals surface area contributed by atoms with E-state index in [4.69, 9.17) is 14.7 Å². The van der Waals surface area contributed by atoms with Gasteiger partial charge in [-0.15, -0.1) is 0 Å². The first kappa shape index (κ1) is 29.5. The largest absolute Gasteiger partial charge is 0.463 e. The fraction of sp³-hybridized carbons (Fsp3) is 0.613. The predicted octanol–water partition coefficient (Wildman–Crippen LogP) is 4.65. The number of hydrogen-bond acceptors (Lipinski definition) is 9. The lowest BCUT2D eigenvalue weighted by Gasteiger charge is -2.42. The van der Waals surface area contributed by atoms with E-state index in [0.29, 0.717) is 44.8 Å². The van der Waals surface area contributed by atoms with Gasteiger partial charge in [-0.2, -0.15) is 28.4 Å². The van der Waals surface area contributed by atoms with Crippen LogP contribution in [-0.4, -0.2) is 83.2 Å². The van der Waals surface area contributed by atoms with Gasteiger partial charge in [-0.1, -0.05) is 6.08 Å². The van der Waals surface area contributed by atoms with Gasteiger partial charge in [0.1, 0.15) is 5.82 Å². The van der Waals surface area contributed by atoms with Crippen molar-refractivity contribution in [1.82, 2.24) is 24.8 Å². The Morgan fingerprint density at radius 3 is 2.65 bits per heavy atom. The third kappa shape index (κ3) is 6.51. The van der Waals surface area contributed by atoms with Crippen LogP contribution in [0.4, 0.5) is 24.7 Å². The topological polar surface area (TPSA) is 84.7 Å². The molecule has 4 aliphatic rings. The number of hydrogen-bond donors (Lipinski definition) is 0. The highest BCUT2D eigenvalue weighted by Crippen LogP contribution is 2.47. The average molecular weight is 597 g/mol. The Morgan fingerprint density at radius 2 is 1.93 bits per heavy atom. The number of nitrogens with zero attached hydrogens (tertiary/aromatic N) is 8. The van der Waals surface area contributed by atoms with Crippen molar-refractivity contribution < 1.29 is 17.9 Å². The number of fused-ring (bicyclic) bond motifs is 1. The number of halogens is 3. The Kier molecular flexibility index (Phi) is 8.36. The van der Waals surface area contributed by atoms with Crippen LogP contribution in [0.25, 0.3) is 0 Å². The molecule has 0 radical (unpaired) electrons. The van der Waals surface area contributed by atoms with Crippen LogP contribution in [0.3, 0.4) is 0 Å². The highest BCUT2D eigenvalue weighted by Gasteiger charge is 2.45. The number of allylic oxidation sites excluding steroid dienone is 1. The summed E-state index contributed by atoms with van der Waals surface area (Å²) in [4.78, 5) is 22.0. The summed E-state index contributed by atoms with van der Waals surface area (Å²) in [5, 5.41) is 9.51. The molecule has 1 saturated carbocycles. The first-order valence-electron chi connectivity index (χ1n) is 15.3. The molecule has 0 bridgehead atoms. The number of alkyl halides is 3. The number of ether oxygens (including phenoxy) is 1. The molecule has 230 valence electrons. The fourth-order valence-corrected chi connectivity index (χ4v) is 6.68. The molecule has 0 amide bonds. The minimum atomic E-state index is -4.56. The van der Waals surface area contributed by atoms with Crippen LogP contribution in [0.2, 0.25) is 0 Å². The summed E-state index contributed by atoms with van der Waals surface area (Å²) < 4.78 is 47.9. The van der Waals surface area contributed by atoms with Crippen molar-refractivity contribution >= 4 is 11.5 Å². The molecule has 2 aromatic rings. The predicted molar refractivity (Wildman–Crippen MR) is 157 cm³/mol. The molecule has 6 rings (SSSR count). The van der Waals surface area contributed by atoms with E-state index in [9.17, 15) is 18.4 Å². The van der Waals surface area contributed by atoms with Crippen molar-refractivity contribution in [2.45, 2.75) is 64.2 Å². The van der Waals surface area contributed by atoms with Gasteiger partial charge in [0.15, 0.2) is 5.69 Å². The van der Waals surface area contributed by atoms with Gasteiger partial charge >= 0.3 is 12.2 Å². The summed E-state index contributed by atoms with van der Waals surface area (Å²) in [6, 6.07) is 5.61. The Hall–Kier alpha value is -3.59. The minimum absolute atomic E-state index is 0.00459. The van der Waals surface area contributed by atoms with Crippen LogP contribution in [-0.2, 0) is 19.1 Å². The van der Waals surface area contributed by atoms with Crippen molar-refractivity contribution in [3.8, 4) is 12.1 Å². The summed E-state index contributed by atoms with van der Waals surface area (Å²) in [7, 11) is 0. The summed E-state index contributed by atoms with van der Waals surface area (Å²) >= 11 is 0. The van der Waals surface area contributed by atoms with E-state index in [2.05, 4.69) is 25.8 Å². The van der Waals surface area contributed by atoms with Crippen LogP contribution in [0.15, 0.2) is 30.6 Å². The first-order valence-corrected chi connectivity index (χ1v) is 15.3. The van der Waals surface area contributed by atoms with Crippen molar-refractivity contribution in [3.05, 3.63) is 47.6 Å². The fourth-order valence-electron chi connectivity index (χ4n) is 6.68. The molecular formula is C31H39F3N8O. The Balaban J connectivity index is 1.29. The molecule has 12 heteroatoms. The van der Waals surface area contributed by atoms with E-state index < -0.39 is 11.9 Å². The lowest BCUT2D eigenvalue weighted by Crippen LogP contribution is -2.51. The molecule has 0 aromatic carbocycles. The first-order chi connectivity index (χ1) is 20.8. The number of piperazine rings is 1. The van der Waals surface area contributed by atoms with Gasteiger partial charge in [0.05, 0.1) is 43.1 Å². The second-order valence-corrected chi connectivity index (χ2v) is 12.2. The minimum Gasteiger partial charge on any atom is -0.463 e. The molecule has 3 aliphatic heterocycles. The maximum absolute atomic E-state index is 13.8. The Bertz CT molecular complexity index is 1370. The normalized spacial score (nSPS) is 22.1. The second-order valence-electron chi connectivity index (χ2n) is 12.2. The molecule has 9 nitrogen and oxygen atoms in total. The molecule has 1 unspecified atom stereocenters. The van der Waals surface area contributed by atoms with E-state index in [1.807, 2.05) is 19.2 Å². The third-order valence-corrected chi connectivity index (χ3v) is 9.14. The zero-order chi connectivity index (χ0) is 30.0. The molecular weight excluding hydrogens is 557 g/mol. The second kappa shape index (κ2) is 12.2. The van der Waals surface area contributed by atoms with Crippen LogP contribution >= 0.6 is 0 Å². The zero-order valence-corrected chi connectivity index (χ0v) is 24.7. The van der Waals surface area contributed by atoms with Crippen molar-refractivity contribution in [1.29, 1.82) is 5.26 Å². The van der Waals surface area contributed by atoms with Gasteiger partial charge in [-0.25, -0.2) is 4.98 Å². The van der Waals surface area contributed by atoms with Gasteiger partial charge < -0.3 is 24.3 Å². The smallest absolute Gasteiger partial charge is 0.435 e. The van der Waals surface area contributed by atoms with E-state index in [1.165, 1.54) is 31.2 Å². The van der Waals surface area contributed by atoms with Crippen LogP contribution in [0.1, 0.15) is 56.0 Å². The number of anilines is 2. The third-order valence-electron chi connectivity index (χ3n) is 9.14. The van der Waals surface area contributed by atoms with Gasteiger partial charge in [0, 0.05) is 49.9 Å². The van der Waals surface area contributed by atoms with E-state index in [-0.39, 0.29) is 29.7 Å². The quantitative estimate of drug-likeness (QED) is 0.411. The Labute approximate surface area is 251 Å². The standard InChI is InChI=1S/C31H39F3N8O/c1-2-13-40-17-18-42(19-23(40)7-11-35)28-24-8-16-41(26-6-5-12-36-27(26)31(32,33)34)20-25(24)37-29(38-28)43-22-30(9-10-30)21-39-14-3-4-15-39/h2,5-6,12-13,23H,3-4,7-10,14-22H2,1H3. The summed E-state index contributed by atoms with van der Waals surface area (Å²) in [6.07, 6.45) is 6.21. The lowest BCUT2D eigenvalue weighted by molar-refractivity contribution is -0.140. The summed E-state index contributed by atoms with van der Waals surface area (Å²) in [6.45, 7) is 8.43. The van der Waals surface area contributed by atoms with Crippen LogP contribution in [0.5, 0.6) is 6.01 Å². The Morgan fingerprint density at radius 1 is 1.12 bits per heavy atom. The number of aromatic nitrogens is 3. The lowest BCUT2D eigenvalue weighted by atomic mass is 10.0. The highest BCUT2D eigenvalue weighted by molar-refractivity contribution is 5.58. The average Bonchev–Trinajstić information content (AvgIpc) is 3.57. The van der Waals surface area contributed by atoms with Gasteiger partial charge in [-0.3, -0.25) is 0 Å². The molecule has 2 aromatic heterocycles. The SMILES string of the molecule is CC=CN1CCN(c2nc(OCC3(CN4CCCC4)CC3)nc3c2CCN(c2cccnc2C(F)(F)F)C3)CC1CC#N. The molecule has 5 heterocycles. The van der Waals surface area contributed by atoms with E-state index >= 15 is 0 Å². The molecule has 0 N–H and O–H groups in total. The van der Waals surface area contributed by atoms with Crippen LogP contribution < -0.4 is 14.5 Å². The van der Waals surface area contributed by atoms with Crippen molar-refractivity contribution in [2.75, 3.05) is 62.2 Å². The van der Waals surface area contributed by atoms with Gasteiger partial charge in [0.2, 0.25) is 0 Å². The van der Waals surface area contributed by atoms with E-state index in [1.54, 1.807) is 4.90 Å². The maximum Gasteiger partial charge on any atom is 0.435 e.